The van der Waals surface area contributed by atoms with Gasteiger partial charge in [-0.1, -0.05) is 12.8 Å². The van der Waals surface area contributed by atoms with Crippen LogP contribution in [0.15, 0.2) is 18.5 Å². The molecule has 1 aliphatic carbocycles. The van der Waals surface area contributed by atoms with E-state index in [2.05, 4.69) is 24.3 Å². The molecule has 0 unspecified atom stereocenters. The Labute approximate surface area is 138 Å². The molecule has 0 spiro atoms. The number of fused-ring (bicyclic) bond motifs is 1. The van der Waals surface area contributed by atoms with Crippen molar-refractivity contribution < 1.29 is 9.53 Å². The van der Waals surface area contributed by atoms with Crippen molar-refractivity contribution in [3.8, 4) is 0 Å². The van der Waals surface area contributed by atoms with Crippen LogP contribution in [-0.2, 0) is 9.53 Å². The average Bonchev–Trinajstić information content (AvgIpc) is 3.12. The van der Waals surface area contributed by atoms with Crippen molar-refractivity contribution in [1.82, 2.24) is 20.0 Å². The van der Waals surface area contributed by atoms with E-state index in [4.69, 9.17) is 4.74 Å². The number of hydrogen-bond donors (Lipinski definition) is 1. The van der Waals surface area contributed by atoms with Crippen LogP contribution in [0, 0.1) is 0 Å². The molecule has 0 aromatic carbocycles. The second-order valence-corrected chi connectivity index (χ2v) is 6.74. The lowest BCUT2D eigenvalue weighted by molar-refractivity contribution is -0.148. The van der Waals surface area contributed by atoms with E-state index in [1.54, 1.807) is 6.20 Å². The van der Waals surface area contributed by atoms with Gasteiger partial charge in [-0.15, -0.1) is 0 Å². The lowest BCUT2D eigenvalue weighted by Crippen LogP contribution is -2.57. The van der Waals surface area contributed by atoms with Gasteiger partial charge in [0, 0.05) is 25.0 Å². The first-order valence-corrected chi connectivity index (χ1v) is 8.80. The number of carbonyl (C=O) groups is 1. The SMILES string of the molecule is C[C@H](NCC(=O)N1CCO[C@@H]2CCCC[C@@H]21)[C@H](C)n1cccn1. The van der Waals surface area contributed by atoms with Crippen molar-refractivity contribution in [1.29, 1.82) is 0 Å². The molecule has 1 aliphatic heterocycles. The van der Waals surface area contributed by atoms with Crippen LogP contribution >= 0.6 is 0 Å². The summed E-state index contributed by atoms with van der Waals surface area (Å²) in [6, 6.07) is 2.60. The van der Waals surface area contributed by atoms with Crippen LogP contribution in [0.25, 0.3) is 0 Å². The zero-order chi connectivity index (χ0) is 16.2. The molecule has 1 saturated heterocycles. The van der Waals surface area contributed by atoms with Crippen molar-refractivity contribution in [3.63, 3.8) is 0 Å². The van der Waals surface area contributed by atoms with Gasteiger partial charge in [-0.25, -0.2) is 0 Å². The summed E-state index contributed by atoms with van der Waals surface area (Å²) in [7, 11) is 0. The van der Waals surface area contributed by atoms with E-state index >= 15 is 0 Å². The third kappa shape index (κ3) is 3.75. The molecule has 128 valence electrons. The third-order valence-corrected chi connectivity index (χ3v) is 5.29. The monoisotopic (exact) mass is 320 g/mol. The fourth-order valence-corrected chi connectivity index (χ4v) is 3.68. The predicted molar refractivity (Wildman–Crippen MR) is 88.1 cm³/mol. The fraction of sp³-hybridized carbons (Fsp3) is 0.765. The minimum atomic E-state index is 0.182. The Morgan fingerprint density at radius 3 is 3.00 bits per heavy atom. The highest BCUT2D eigenvalue weighted by Crippen LogP contribution is 2.28. The van der Waals surface area contributed by atoms with Gasteiger partial charge in [-0.3, -0.25) is 9.48 Å². The van der Waals surface area contributed by atoms with E-state index in [0.717, 1.165) is 19.4 Å². The molecule has 1 amide bonds. The number of amides is 1. The van der Waals surface area contributed by atoms with Crippen LogP contribution in [0.2, 0.25) is 0 Å². The van der Waals surface area contributed by atoms with Crippen LogP contribution in [0.5, 0.6) is 0 Å². The topological polar surface area (TPSA) is 59.4 Å². The molecule has 4 atom stereocenters. The molecule has 6 heteroatoms. The Bertz CT molecular complexity index is 503. The molecule has 1 N–H and O–H groups in total. The first-order chi connectivity index (χ1) is 11.2. The lowest BCUT2D eigenvalue weighted by atomic mass is 9.90. The van der Waals surface area contributed by atoms with E-state index in [-0.39, 0.29) is 30.1 Å². The molecule has 2 aliphatic rings. The largest absolute Gasteiger partial charge is 0.374 e. The number of ether oxygens (including phenoxy) is 1. The van der Waals surface area contributed by atoms with Crippen LogP contribution in [-0.4, -0.2) is 58.5 Å². The van der Waals surface area contributed by atoms with Crippen molar-refractivity contribution >= 4 is 5.91 Å². The minimum absolute atomic E-state index is 0.182. The van der Waals surface area contributed by atoms with E-state index < -0.39 is 0 Å². The van der Waals surface area contributed by atoms with Gasteiger partial charge in [0.15, 0.2) is 0 Å². The zero-order valence-electron chi connectivity index (χ0n) is 14.1. The molecule has 2 fully saturated rings. The van der Waals surface area contributed by atoms with Crippen molar-refractivity contribution in [3.05, 3.63) is 18.5 Å². The van der Waals surface area contributed by atoms with Gasteiger partial charge in [0.05, 0.1) is 31.3 Å². The van der Waals surface area contributed by atoms with Gasteiger partial charge >= 0.3 is 0 Å². The number of nitrogens with zero attached hydrogens (tertiary/aromatic N) is 3. The smallest absolute Gasteiger partial charge is 0.236 e. The number of carbonyl (C=O) groups excluding carboxylic acids is 1. The second kappa shape index (κ2) is 7.45. The van der Waals surface area contributed by atoms with Crippen LogP contribution in [0.4, 0.5) is 0 Å². The summed E-state index contributed by atoms with van der Waals surface area (Å²) >= 11 is 0. The maximum Gasteiger partial charge on any atom is 0.236 e. The molecular weight excluding hydrogens is 292 g/mol. The highest BCUT2D eigenvalue weighted by atomic mass is 16.5. The Hall–Kier alpha value is -1.40. The third-order valence-electron chi connectivity index (χ3n) is 5.29. The Kier molecular flexibility index (Phi) is 5.33. The van der Waals surface area contributed by atoms with Gasteiger partial charge in [-0.2, -0.15) is 5.10 Å². The van der Waals surface area contributed by atoms with Crippen LogP contribution in [0.1, 0.15) is 45.6 Å². The summed E-state index contributed by atoms with van der Waals surface area (Å²) < 4.78 is 7.77. The van der Waals surface area contributed by atoms with E-state index in [9.17, 15) is 4.79 Å². The Balaban J connectivity index is 1.52. The maximum absolute atomic E-state index is 12.7. The van der Waals surface area contributed by atoms with E-state index in [0.29, 0.717) is 13.2 Å². The molecule has 3 rings (SSSR count). The average molecular weight is 320 g/mol. The second-order valence-electron chi connectivity index (χ2n) is 6.74. The quantitative estimate of drug-likeness (QED) is 0.895. The molecule has 23 heavy (non-hydrogen) atoms. The molecule has 1 saturated carbocycles. The highest BCUT2D eigenvalue weighted by molar-refractivity contribution is 5.78. The first kappa shape index (κ1) is 16.5. The predicted octanol–water partition coefficient (Wildman–Crippen LogP) is 1.59. The summed E-state index contributed by atoms with van der Waals surface area (Å²) in [5.41, 5.74) is 0. The molecule has 0 radical (unpaired) electrons. The number of morpholine rings is 1. The molecule has 1 aromatic rings. The lowest BCUT2D eigenvalue weighted by Gasteiger charge is -2.44. The van der Waals surface area contributed by atoms with Crippen LogP contribution < -0.4 is 5.32 Å². The van der Waals surface area contributed by atoms with Crippen molar-refractivity contribution in [2.24, 2.45) is 0 Å². The van der Waals surface area contributed by atoms with Gasteiger partial charge in [0.1, 0.15) is 0 Å². The summed E-state index contributed by atoms with van der Waals surface area (Å²) in [4.78, 5) is 14.7. The van der Waals surface area contributed by atoms with Gasteiger partial charge in [0.2, 0.25) is 5.91 Å². The van der Waals surface area contributed by atoms with E-state index in [1.807, 2.05) is 21.8 Å². The number of rotatable bonds is 5. The zero-order valence-corrected chi connectivity index (χ0v) is 14.1. The molecule has 0 bridgehead atoms. The molecule has 6 nitrogen and oxygen atoms in total. The Morgan fingerprint density at radius 1 is 1.39 bits per heavy atom. The van der Waals surface area contributed by atoms with Crippen molar-refractivity contribution in [2.75, 3.05) is 19.7 Å². The number of aromatic nitrogens is 2. The summed E-state index contributed by atoms with van der Waals surface area (Å²) in [5.74, 6) is 0.199. The normalized spacial score (nSPS) is 27.3. The van der Waals surface area contributed by atoms with Gasteiger partial charge in [-0.05, 0) is 32.8 Å². The first-order valence-electron chi connectivity index (χ1n) is 8.80. The van der Waals surface area contributed by atoms with Gasteiger partial charge < -0.3 is 15.0 Å². The fourth-order valence-electron chi connectivity index (χ4n) is 3.68. The van der Waals surface area contributed by atoms with Crippen molar-refractivity contribution in [2.45, 2.75) is 63.8 Å². The number of nitrogens with one attached hydrogen (secondary N) is 1. The van der Waals surface area contributed by atoms with E-state index in [1.165, 1.54) is 12.8 Å². The van der Waals surface area contributed by atoms with Gasteiger partial charge in [0.25, 0.3) is 0 Å². The highest BCUT2D eigenvalue weighted by Gasteiger charge is 2.36. The Morgan fingerprint density at radius 2 is 2.22 bits per heavy atom. The summed E-state index contributed by atoms with van der Waals surface area (Å²) in [5, 5.41) is 7.64. The van der Waals surface area contributed by atoms with Crippen LogP contribution in [0.3, 0.4) is 0 Å². The standard InChI is InChI=1S/C17H28N4O2/c1-13(14(2)21-9-5-8-19-21)18-12-17(22)20-10-11-23-16-7-4-3-6-15(16)20/h5,8-9,13-16,18H,3-4,6-7,10-12H2,1-2H3/t13-,14-,15-,16+/m0/s1. The molecule has 1 aromatic heterocycles. The maximum atomic E-state index is 12.7. The summed E-state index contributed by atoms with van der Waals surface area (Å²) in [6.07, 6.45) is 8.59. The minimum Gasteiger partial charge on any atom is -0.374 e. The molecule has 2 heterocycles. The number of hydrogen-bond acceptors (Lipinski definition) is 4. The molecular formula is C17H28N4O2. The summed E-state index contributed by atoms with van der Waals surface area (Å²) in [6.45, 7) is 6.00.